The van der Waals surface area contributed by atoms with Crippen molar-refractivity contribution in [2.45, 2.75) is 20.0 Å². The molecular weight excluding hydrogens is 218 g/mol. The first-order chi connectivity index (χ1) is 8.28. The van der Waals surface area contributed by atoms with Gasteiger partial charge in [-0.15, -0.1) is 0 Å². The van der Waals surface area contributed by atoms with Crippen molar-refractivity contribution in [3.05, 3.63) is 35.9 Å². The predicted molar refractivity (Wildman–Crippen MR) is 63.8 cm³/mol. The lowest BCUT2D eigenvalue weighted by atomic mass is 10.1. The fraction of sp³-hybridized carbons (Fsp3) is 0.308. The van der Waals surface area contributed by atoms with E-state index in [2.05, 4.69) is 4.98 Å². The summed E-state index contributed by atoms with van der Waals surface area (Å²) in [6.07, 6.45) is 0.736. The number of rotatable bonds is 4. The average Bonchev–Trinajstić information content (AvgIpc) is 2.82. The number of aromatic nitrogens is 1. The molecule has 0 spiro atoms. The maximum atomic E-state index is 9.04. The quantitative estimate of drug-likeness (QED) is 0.881. The summed E-state index contributed by atoms with van der Waals surface area (Å²) in [5.74, 6) is 1.90. The number of aliphatic hydroxyl groups excluding tert-OH is 1. The molecule has 0 saturated carbocycles. The summed E-state index contributed by atoms with van der Waals surface area (Å²) >= 11 is 0. The van der Waals surface area contributed by atoms with Crippen molar-refractivity contribution in [3.63, 3.8) is 0 Å². The molecule has 0 aliphatic rings. The number of benzene rings is 1. The molecule has 0 saturated heterocycles. The van der Waals surface area contributed by atoms with Gasteiger partial charge in [-0.1, -0.05) is 19.1 Å². The van der Waals surface area contributed by atoms with Gasteiger partial charge in [0.05, 0.1) is 7.11 Å². The van der Waals surface area contributed by atoms with Crippen LogP contribution in [0.25, 0.3) is 11.3 Å². The molecule has 0 radical (unpaired) electrons. The van der Waals surface area contributed by atoms with Gasteiger partial charge in [-0.2, -0.15) is 0 Å². The third-order valence-corrected chi connectivity index (χ3v) is 2.54. The first-order valence-corrected chi connectivity index (χ1v) is 5.52. The van der Waals surface area contributed by atoms with Crippen molar-refractivity contribution in [1.29, 1.82) is 0 Å². The van der Waals surface area contributed by atoms with E-state index in [4.69, 9.17) is 14.3 Å². The molecule has 90 valence electrons. The molecule has 1 N–H and O–H groups in total. The van der Waals surface area contributed by atoms with E-state index in [1.54, 1.807) is 7.11 Å². The summed E-state index contributed by atoms with van der Waals surface area (Å²) in [6, 6.07) is 7.63. The number of aryl methyl sites for hydroxylation is 1. The van der Waals surface area contributed by atoms with Gasteiger partial charge >= 0.3 is 0 Å². The number of hydrogen-bond donors (Lipinski definition) is 1. The molecule has 0 aliphatic carbocycles. The normalized spacial score (nSPS) is 10.5. The van der Waals surface area contributed by atoms with Crippen molar-refractivity contribution in [3.8, 4) is 17.0 Å². The van der Waals surface area contributed by atoms with Crippen LogP contribution in [-0.2, 0) is 13.0 Å². The van der Waals surface area contributed by atoms with Crippen molar-refractivity contribution in [2.24, 2.45) is 0 Å². The van der Waals surface area contributed by atoms with Crippen LogP contribution in [0.2, 0.25) is 0 Å². The minimum Gasteiger partial charge on any atom is -0.497 e. The Bertz CT molecular complexity index is 505. The topological polar surface area (TPSA) is 55.5 Å². The number of aliphatic hydroxyl groups is 1. The average molecular weight is 233 g/mol. The highest BCUT2D eigenvalue weighted by atomic mass is 16.5. The molecule has 1 heterocycles. The molecular formula is C13H15NO3. The third-order valence-electron chi connectivity index (χ3n) is 2.54. The van der Waals surface area contributed by atoms with Crippen molar-refractivity contribution in [2.75, 3.05) is 7.11 Å². The van der Waals surface area contributed by atoms with Gasteiger partial charge in [-0.25, -0.2) is 4.98 Å². The Hall–Kier alpha value is -1.81. The SMILES string of the molecule is CCc1oc(CO)nc1-c1cccc(OC)c1. The Morgan fingerprint density at radius 1 is 1.41 bits per heavy atom. The monoisotopic (exact) mass is 233 g/mol. The van der Waals surface area contributed by atoms with Gasteiger partial charge in [0, 0.05) is 12.0 Å². The van der Waals surface area contributed by atoms with E-state index in [1.807, 2.05) is 31.2 Å². The number of hydrogen-bond acceptors (Lipinski definition) is 4. The van der Waals surface area contributed by atoms with Gasteiger partial charge in [0.1, 0.15) is 23.8 Å². The number of oxazole rings is 1. The molecule has 2 aromatic rings. The molecule has 2 rings (SSSR count). The molecule has 1 aromatic carbocycles. The van der Waals surface area contributed by atoms with Crippen LogP contribution < -0.4 is 4.74 Å². The number of methoxy groups -OCH3 is 1. The smallest absolute Gasteiger partial charge is 0.220 e. The Kier molecular flexibility index (Phi) is 3.44. The maximum absolute atomic E-state index is 9.04. The number of nitrogens with zero attached hydrogens (tertiary/aromatic N) is 1. The maximum Gasteiger partial charge on any atom is 0.220 e. The first kappa shape index (κ1) is 11.7. The van der Waals surface area contributed by atoms with E-state index in [0.29, 0.717) is 5.89 Å². The number of ether oxygens (including phenoxy) is 1. The van der Waals surface area contributed by atoms with Gasteiger partial charge in [0.15, 0.2) is 0 Å². The lowest BCUT2D eigenvalue weighted by Crippen LogP contribution is -1.87. The van der Waals surface area contributed by atoms with Crippen molar-refractivity contribution < 1.29 is 14.3 Å². The largest absolute Gasteiger partial charge is 0.497 e. The predicted octanol–water partition coefficient (Wildman–Crippen LogP) is 2.40. The second-order valence-electron chi connectivity index (χ2n) is 3.62. The fourth-order valence-electron chi connectivity index (χ4n) is 1.70. The Morgan fingerprint density at radius 3 is 2.88 bits per heavy atom. The summed E-state index contributed by atoms with van der Waals surface area (Å²) in [7, 11) is 1.63. The van der Waals surface area contributed by atoms with Gasteiger partial charge in [0.25, 0.3) is 0 Å². The van der Waals surface area contributed by atoms with Crippen LogP contribution in [0.5, 0.6) is 5.75 Å². The minimum absolute atomic E-state index is 0.184. The molecule has 0 aliphatic heterocycles. The van der Waals surface area contributed by atoms with Crippen LogP contribution in [0.1, 0.15) is 18.6 Å². The first-order valence-electron chi connectivity index (χ1n) is 5.52. The van der Waals surface area contributed by atoms with Crippen LogP contribution in [0, 0.1) is 0 Å². The molecule has 4 nitrogen and oxygen atoms in total. The zero-order valence-electron chi connectivity index (χ0n) is 9.93. The third kappa shape index (κ3) is 2.31. The summed E-state index contributed by atoms with van der Waals surface area (Å²) in [5, 5.41) is 9.04. The van der Waals surface area contributed by atoms with E-state index in [1.165, 1.54) is 0 Å². The van der Waals surface area contributed by atoms with E-state index in [0.717, 1.165) is 29.2 Å². The summed E-state index contributed by atoms with van der Waals surface area (Å²) < 4.78 is 10.6. The Balaban J connectivity index is 2.47. The molecule has 1 aromatic heterocycles. The lowest BCUT2D eigenvalue weighted by Gasteiger charge is -2.02. The molecule has 0 unspecified atom stereocenters. The zero-order valence-corrected chi connectivity index (χ0v) is 9.93. The standard InChI is InChI=1S/C13H15NO3/c1-3-11-13(14-12(8-15)17-11)9-5-4-6-10(7-9)16-2/h4-7,15H,3,8H2,1-2H3. The molecule has 17 heavy (non-hydrogen) atoms. The Morgan fingerprint density at radius 2 is 2.24 bits per heavy atom. The molecule has 4 heteroatoms. The minimum atomic E-state index is -0.184. The highest BCUT2D eigenvalue weighted by Crippen LogP contribution is 2.27. The van der Waals surface area contributed by atoms with Crippen LogP contribution in [-0.4, -0.2) is 17.2 Å². The zero-order chi connectivity index (χ0) is 12.3. The Labute approximate surface area is 99.9 Å². The summed E-state index contributed by atoms with van der Waals surface area (Å²) in [6.45, 7) is 1.81. The molecule has 0 amide bonds. The second kappa shape index (κ2) is 5.01. The second-order valence-corrected chi connectivity index (χ2v) is 3.62. The van der Waals surface area contributed by atoms with Gasteiger partial charge in [0.2, 0.25) is 5.89 Å². The highest BCUT2D eigenvalue weighted by Gasteiger charge is 2.13. The van der Waals surface area contributed by atoms with E-state index < -0.39 is 0 Å². The molecule has 0 fully saturated rings. The summed E-state index contributed by atoms with van der Waals surface area (Å²) in [4.78, 5) is 4.27. The lowest BCUT2D eigenvalue weighted by molar-refractivity contribution is 0.237. The van der Waals surface area contributed by atoms with Crippen molar-refractivity contribution >= 4 is 0 Å². The molecule has 0 bridgehead atoms. The summed E-state index contributed by atoms with van der Waals surface area (Å²) in [5.41, 5.74) is 1.71. The van der Waals surface area contributed by atoms with E-state index in [-0.39, 0.29) is 6.61 Å². The van der Waals surface area contributed by atoms with E-state index in [9.17, 15) is 0 Å². The van der Waals surface area contributed by atoms with Crippen LogP contribution in [0.15, 0.2) is 28.7 Å². The van der Waals surface area contributed by atoms with Crippen LogP contribution in [0.3, 0.4) is 0 Å². The van der Waals surface area contributed by atoms with Crippen molar-refractivity contribution in [1.82, 2.24) is 4.98 Å². The van der Waals surface area contributed by atoms with Crippen LogP contribution in [0.4, 0.5) is 0 Å². The highest BCUT2D eigenvalue weighted by molar-refractivity contribution is 5.63. The molecule has 0 atom stereocenters. The van der Waals surface area contributed by atoms with Gasteiger partial charge in [-0.05, 0) is 12.1 Å². The van der Waals surface area contributed by atoms with Crippen LogP contribution >= 0.6 is 0 Å². The van der Waals surface area contributed by atoms with E-state index >= 15 is 0 Å². The fourth-order valence-corrected chi connectivity index (χ4v) is 1.70. The van der Waals surface area contributed by atoms with Gasteiger partial charge in [-0.3, -0.25) is 0 Å². The van der Waals surface area contributed by atoms with Gasteiger partial charge < -0.3 is 14.3 Å².